The van der Waals surface area contributed by atoms with Crippen molar-refractivity contribution in [3.8, 4) is 0 Å². The fourth-order valence-electron chi connectivity index (χ4n) is 2.72. The number of aromatic nitrogens is 4. The number of hydrogen-bond donors (Lipinski definition) is 1. The summed E-state index contributed by atoms with van der Waals surface area (Å²) in [5, 5.41) is 12.8. The average Bonchev–Trinajstić information content (AvgIpc) is 2.90. The minimum atomic E-state index is 0.0570. The van der Waals surface area contributed by atoms with Crippen LogP contribution < -0.4 is 5.32 Å². The Morgan fingerprint density at radius 3 is 2.81 bits per heavy atom. The first kappa shape index (κ1) is 13.7. The Balaban J connectivity index is 2.22. The maximum atomic E-state index is 4.62. The minimum absolute atomic E-state index is 0.0570. The predicted molar refractivity (Wildman–Crippen MR) is 83.0 cm³/mol. The molecule has 0 radical (unpaired) electrons. The summed E-state index contributed by atoms with van der Waals surface area (Å²) in [6, 6.07) is 10.4. The van der Waals surface area contributed by atoms with Gasteiger partial charge in [-0.2, -0.15) is 0 Å². The molecule has 1 unspecified atom stereocenters. The van der Waals surface area contributed by atoms with Crippen molar-refractivity contribution in [3.05, 3.63) is 53.5 Å². The topological polar surface area (TPSA) is 55.6 Å². The van der Waals surface area contributed by atoms with E-state index >= 15 is 0 Å². The normalized spacial score (nSPS) is 12.7. The van der Waals surface area contributed by atoms with Crippen molar-refractivity contribution >= 4 is 10.9 Å². The zero-order valence-corrected chi connectivity index (χ0v) is 12.5. The molecule has 5 nitrogen and oxygen atoms in total. The van der Waals surface area contributed by atoms with E-state index in [-0.39, 0.29) is 6.04 Å². The molecule has 0 aliphatic carbocycles. The number of aryl methyl sites for hydroxylation is 2. The van der Waals surface area contributed by atoms with Gasteiger partial charge in [-0.05, 0) is 31.2 Å². The maximum Gasteiger partial charge on any atom is 0.0798 e. The fraction of sp³-hybridized carbons (Fsp3) is 0.312. The van der Waals surface area contributed by atoms with Crippen molar-refractivity contribution in [2.75, 3.05) is 6.54 Å². The third kappa shape index (κ3) is 2.52. The van der Waals surface area contributed by atoms with E-state index in [0.29, 0.717) is 0 Å². The third-order valence-corrected chi connectivity index (χ3v) is 3.64. The van der Waals surface area contributed by atoms with Crippen molar-refractivity contribution in [3.63, 3.8) is 0 Å². The summed E-state index contributed by atoms with van der Waals surface area (Å²) in [4.78, 5) is 4.62. The highest BCUT2D eigenvalue weighted by molar-refractivity contribution is 5.83. The highest BCUT2D eigenvalue weighted by Gasteiger charge is 2.20. The van der Waals surface area contributed by atoms with Crippen LogP contribution in [-0.4, -0.2) is 26.5 Å². The number of benzene rings is 1. The van der Waals surface area contributed by atoms with Gasteiger partial charge in [0.25, 0.3) is 0 Å². The molecule has 3 rings (SSSR count). The van der Waals surface area contributed by atoms with Gasteiger partial charge in [-0.3, -0.25) is 9.67 Å². The number of fused-ring (bicyclic) bond motifs is 1. The predicted octanol–water partition coefficient (Wildman–Crippen LogP) is 2.37. The van der Waals surface area contributed by atoms with Crippen molar-refractivity contribution in [2.24, 2.45) is 7.05 Å². The second-order valence-electron chi connectivity index (χ2n) is 5.14. The van der Waals surface area contributed by atoms with Crippen LogP contribution in [0.1, 0.15) is 29.9 Å². The lowest BCUT2D eigenvalue weighted by Crippen LogP contribution is -2.24. The lowest BCUT2D eigenvalue weighted by molar-refractivity contribution is 0.570. The van der Waals surface area contributed by atoms with Crippen LogP contribution >= 0.6 is 0 Å². The highest BCUT2D eigenvalue weighted by Crippen LogP contribution is 2.28. The molecular formula is C16H19N5. The van der Waals surface area contributed by atoms with E-state index in [0.717, 1.165) is 28.8 Å². The summed E-state index contributed by atoms with van der Waals surface area (Å²) < 4.78 is 1.82. The molecule has 1 aromatic carbocycles. The van der Waals surface area contributed by atoms with Crippen LogP contribution in [0.5, 0.6) is 0 Å². The number of nitrogens with zero attached hydrogens (tertiary/aromatic N) is 4. The van der Waals surface area contributed by atoms with Gasteiger partial charge in [0.05, 0.1) is 23.4 Å². The Bertz CT molecular complexity index is 762. The van der Waals surface area contributed by atoms with Gasteiger partial charge in [0.1, 0.15) is 0 Å². The van der Waals surface area contributed by atoms with E-state index in [2.05, 4.69) is 45.7 Å². The van der Waals surface area contributed by atoms with Crippen LogP contribution in [0.25, 0.3) is 10.9 Å². The smallest absolute Gasteiger partial charge is 0.0798 e. The molecule has 1 atom stereocenters. The van der Waals surface area contributed by atoms with Crippen LogP contribution in [0.2, 0.25) is 0 Å². The zero-order valence-electron chi connectivity index (χ0n) is 12.5. The van der Waals surface area contributed by atoms with Crippen LogP contribution in [0.15, 0.2) is 36.5 Å². The van der Waals surface area contributed by atoms with E-state index < -0.39 is 0 Å². The first-order chi connectivity index (χ1) is 10.2. The van der Waals surface area contributed by atoms with Gasteiger partial charge in [-0.1, -0.05) is 30.3 Å². The molecule has 0 aliphatic heterocycles. The molecule has 2 aromatic heterocycles. The van der Waals surface area contributed by atoms with Crippen LogP contribution in [0, 0.1) is 6.92 Å². The average molecular weight is 281 g/mol. The van der Waals surface area contributed by atoms with Gasteiger partial charge in [-0.15, -0.1) is 5.10 Å². The molecule has 108 valence electrons. The first-order valence-electron chi connectivity index (χ1n) is 7.15. The minimum Gasteiger partial charge on any atom is -0.305 e. The van der Waals surface area contributed by atoms with Gasteiger partial charge < -0.3 is 5.32 Å². The standard InChI is InChI=1S/C16H19N5/c1-4-17-16(15-10-18-20-21(15)3)13-9-11(2)19-14-8-6-5-7-12(13)14/h5-10,16-17H,4H2,1-3H3. The van der Waals surface area contributed by atoms with E-state index in [1.165, 1.54) is 5.56 Å². The molecule has 0 amide bonds. The zero-order chi connectivity index (χ0) is 14.8. The Hall–Kier alpha value is -2.27. The van der Waals surface area contributed by atoms with Crippen molar-refractivity contribution < 1.29 is 0 Å². The monoisotopic (exact) mass is 281 g/mol. The summed E-state index contributed by atoms with van der Waals surface area (Å²) in [6.45, 7) is 5.00. The summed E-state index contributed by atoms with van der Waals surface area (Å²) in [5.41, 5.74) is 4.30. The second-order valence-corrected chi connectivity index (χ2v) is 5.14. The SMILES string of the molecule is CCNC(c1cc(C)nc2ccccc12)c1cnnn1C. The van der Waals surface area contributed by atoms with Crippen LogP contribution in [0.3, 0.4) is 0 Å². The molecule has 3 aromatic rings. The summed E-state index contributed by atoms with van der Waals surface area (Å²) >= 11 is 0. The molecule has 0 spiro atoms. The van der Waals surface area contributed by atoms with Crippen molar-refractivity contribution in [1.29, 1.82) is 0 Å². The molecule has 5 heteroatoms. The van der Waals surface area contributed by atoms with Gasteiger partial charge >= 0.3 is 0 Å². The molecule has 0 aliphatic rings. The molecule has 0 saturated heterocycles. The Morgan fingerprint density at radius 2 is 2.10 bits per heavy atom. The number of pyridine rings is 1. The number of hydrogen-bond acceptors (Lipinski definition) is 4. The van der Waals surface area contributed by atoms with E-state index in [1.807, 2.05) is 37.0 Å². The fourth-order valence-corrected chi connectivity index (χ4v) is 2.72. The van der Waals surface area contributed by atoms with E-state index in [9.17, 15) is 0 Å². The number of para-hydroxylation sites is 1. The quantitative estimate of drug-likeness (QED) is 0.797. The Labute approximate surface area is 124 Å². The third-order valence-electron chi connectivity index (χ3n) is 3.64. The van der Waals surface area contributed by atoms with Crippen LogP contribution in [-0.2, 0) is 7.05 Å². The summed E-state index contributed by atoms with van der Waals surface area (Å²) in [5.74, 6) is 0. The van der Waals surface area contributed by atoms with E-state index in [4.69, 9.17) is 0 Å². The molecule has 0 bridgehead atoms. The lowest BCUT2D eigenvalue weighted by Gasteiger charge is -2.20. The Morgan fingerprint density at radius 1 is 1.29 bits per heavy atom. The summed E-state index contributed by atoms with van der Waals surface area (Å²) in [6.07, 6.45) is 1.82. The molecule has 0 fully saturated rings. The van der Waals surface area contributed by atoms with Gasteiger partial charge in [0.15, 0.2) is 0 Å². The lowest BCUT2D eigenvalue weighted by atomic mass is 9.98. The highest BCUT2D eigenvalue weighted by atomic mass is 15.4. The van der Waals surface area contributed by atoms with Gasteiger partial charge in [0.2, 0.25) is 0 Å². The largest absolute Gasteiger partial charge is 0.305 e. The maximum absolute atomic E-state index is 4.62. The molecule has 0 saturated carbocycles. The Kier molecular flexibility index (Phi) is 3.66. The van der Waals surface area contributed by atoms with Gasteiger partial charge in [0, 0.05) is 18.1 Å². The molecule has 1 N–H and O–H groups in total. The van der Waals surface area contributed by atoms with Crippen molar-refractivity contribution in [2.45, 2.75) is 19.9 Å². The molecule has 2 heterocycles. The van der Waals surface area contributed by atoms with Crippen molar-refractivity contribution in [1.82, 2.24) is 25.3 Å². The second kappa shape index (κ2) is 5.61. The first-order valence-corrected chi connectivity index (χ1v) is 7.15. The van der Waals surface area contributed by atoms with Gasteiger partial charge in [-0.25, -0.2) is 0 Å². The van der Waals surface area contributed by atoms with Crippen LogP contribution in [0.4, 0.5) is 0 Å². The number of rotatable bonds is 4. The summed E-state index contributed by atoms with van der Waals surface area (Å²) in [7, 11) is 1.92. The van der Waals surface area contributed by atoms with E-state index in [1.54, 1.807) is 0 Å². The number of nitrogens with one attached hydrogen (secondary N) is 1. The molecule has 21 heavy (non-hydrogen) atoms. The molecular weight excluding hydrogens is 262 g/mol.